The molecule has 0 aromatic heterocycles. The summed E-state index contributed by atoms with van der Waals surface area (Å²) in [5.74, 6) is 0.852. The summed E-state index contributed by atoms with van der Waals surface area (Å²) in [6.45, 7) is 9.17. The minimum Gasteiger partial charge on any atom is -0.375 e. The van der Waals surface area contributed by atoms with Crippen LogP contribution in [-0.4, -0.2) is 43.6 Å². The molecule has 1 aliphatic heterocycles. The Balaban J connectivity index is 1.81. The van der Waals surface area contributed by atoms with Crippen molar-refractivity contribution in [1.29, 1.82) is 0 Å². The first-order valence-corrected chi connectivity index (χ1v) is 9.11. The van der Waals surface area contributed by atoms with Crippen LogP contribution in [0, 0.1) is 11.8 Å². The average molecular weight is 332 g/mol. The summed E-state index contributed by atoms with van der Waals surface area (Å²) in [5, 5.41) is 3.16. The highest BCUT2D eigenvalue weighted by Gasteiger charge is 2.27. The summed E-state index contributed by atoms with van der Waals surface area (Å²) in [5.41, 5.74) is 1.21. The van der Waals surface area contributed by atoms with Crippen molar-refractivity contribution in [3.63, 3.8) is 0 Å². The molecule has 134 valence electrons. The summed E-state index contributed by atoms with van der Waals surface area (Å²) in [6.07, 6.45) is 1.96. The maximum Gasteiger partial charge on any atom is 0.223 e. The smallest absolute Gasteiger partial charge is 0.223 e. The normalized spacial score (nSPS) is 19.2. The van der Waals surface area contributed by atoms with Crippen molar-refractivity contribution in [3.05, 3.63) is 35.9 Å². The van der Waals surface area contributed by atoms with E-state index in [2.05, 4.69) is 43.1 Å². The van der Waals surface area contributed by atoms with Crippen LogP contribution >= 0.6 is 0 Å². The van der Waals surface area contributed by atoms with E-state index in [1.165, 1.54) is 5.56 Å². The molecule has 1 N–H and O–H groups in total. The van der Waals surface area contributed by atoms with Crippen molar-refractivity contribution in [3.8, 4) is 0 Å². The molecular weight excluding hydrogens is 300 g/mol. The highest BCUT2D eigenvalue weighted by molar-refractivity contribution is 5.79. The zero-order valence-corrected chi connectivity index (χ0v) is 15.5. The van der Waals surface area contributed by atoms with Crippen molar-refractivity contribution < 1.29 is 9.53 Å². The lowest BCUT2D eigenvalue weighted by molar-refractivity contribution is -0.127. The van der Waals surface area contributed by atoms with Crippen LogP contribution in [0.5, 0.6) is 0 Å². The summed E-state index contributed by atoms with van der Waals surface area (Å²) in [4.78, 5) is 14.8. The molecule has 1 aromatic rings. The first-order valence-electron chi connectivity index (χ1n) is 9.11. The molecule has 0 aliphatic carbocycles. The number of likely N-dealkylation sites (tertiary alicyclic amines) is 1. The van der Waals surface area contributed by atoms with Crippen molar-refractivity contribution in [2.45, 2.75) is 45.8 Å². The summed E-state index contributed by atoms with van der Waals surface area (Å²) >= 11 is 0. The topological polar surface area (TPSA) is 41.6 Å². The minimum atomic E-state index is 0.0949. The van der Waals surface area contributed by atoms with Gasteiger partial charge in [0.2, 0.25) is 5.91 Å². The van der Waals surface area contributed by atoms with Crippen molar-refractivity contribution in [2.75, 3.05) is 26.7 Å². The van der Waals surface area contributed by atoms with Gasteiger partial charge in [0.1, 0.15) is 0 Å². The van der Waals surface area contributed by atoms with Crippen molar-refractivity contribution >= 4 is 5.91 Å². The van der Waals surface area contributed by atoms with E-state index >= 15 is 0 Å². The maximum absolute atomic E-state index is 12.4. The quantitative estimate of drug-likeness (QED) is 0.833. The molecule has 1 heterocycles. The Morgan fingerprint density at radius 2 is 1.83 bits per heavy atom. The van der Waals surface area contributed by atoms with E-state index in [1.807, 2.05) is 18.2 Å². The second-order valence-electron chi connectivity index (χ2n) is 7.25. The van der Waals surface area contributed by atoms with Crippen LogP contribution in [0.2, 0.25) is 0 Å². The van der Waals surface area contributed by atoms with Gasteiger partial charge in [-0.15, -0.1) is 0 Å². The van der Waals surface area contributed by atoms with Crippen LogP contribution in [0.15, 0.2) is 30.3 Å². The fourth-order valence-corrected chi connectivity index (χ4v) is 3.10. The van der Waals surface area contributed by atoms with Crippen LogP contribution in [0.3, 0.4) is 0 Å². The number of carbonyl (C=O) groups excluding carboxylic acids is 1. The van der Waals surface area contributed by atoms with Crippen LogP contribution in [0.1, 0.15) is 45.3 Å². The lowest BCUT2D eigenvalue weighted by Crippen LogP contribution is -2.45. The maximum atomic E-state index is 12.4. The third-order valence-corrected chi connectivity index (χ3v) is 5.21. The van der Waals surface area contributed by atoms with E-state index in [0.29, 0.717) is 5.92 Å². The van der Waals surface area contributed by atoms with E-state index in [0.717, 1.165) is 32.5 Å². The Kier molecular flexibility index (Phi) is 7.25. The predicted molar refractivity (Wildman–Crippen MR) is 97.8 cm³/mol. The summed E-state index contributed by atoms with van der Waals surface area (Å²) < 4.78 is 5.67. The SMILES string of the molecule is CO[C@@H](CN1CCC(C(=O)N[C@@H](C)C(C)C)CC1)c1ccccc1. The second-order valence-corrected chi connectivity index (χ2v) is 7.25. The Hall–Kier alpha value is -1.39. The van der Waals surface area contributed by atoms with Gasteiger partial charge in [-0.25, -0.2) is 0 Å². The van der Waals surface area contributed by atoms with Crippen LogP contribution in [0.4, 0.5) is 0 Å². The van der Waals surface area contributed by atoms with E-state index in [9.17, 15) is 4.79 Å². The predicted octanol–water partition coefficient (Wildman–Crippen LogP) is 3.25. The third kappa shape index (κ3) is 5.32. The average Bonchev–Trinajstić information content (AvgIpc) is 2.60. The molecule has 0 unspecified atom stereocenters. The van der Waals surface area contributed by atoms with Gasteiger partial charge < -0.3 is 15.0 Å². The fourth-order valence-electron chi connectivity index (χ4n) is 3.10. The number of rotatable bonds is 7. The minimum absolute atomic E-state index is 0.0949. The number of amides is 1. The van der Waals surface area contributed by atoms with Gasteiger partial charge in [-0.2, -0.15) is 0 Å². The molecule has 1 saturated heterocycles. The van der Waals surface area contributed by atoms with Crippen molar-refractivity contribution in [2.24, 2.45) is 11.8 Å². The number of ether oxygens (including phenoxy) is 1. The Morgan fingerprint density at radius 1 is 1.21 bits per heavy atom. The van der Waals surface area contributed by atoms with Crippen molar-refractivity contribution in [1.82, 2.24) is 10.2 Å². The Bertz CT molecular complexity index is 496. The van der Waals surface area contributed by atoms with Crippen LogP contribution in [-0.2, 0) is 9.53 Å². The van der Waals surface area contributed by atoms with Gasteiger partial charge in [0.25, 0.3) is 0 Å². The highest BCUT2D eigenvalue weighted by atomic mass is 16.5. The highest BCUT2D eigenvalue weighted by Crippen LogP contribution is 2.23. The molecule has 1 fully saturated rings. The lowest BCUT2D eigenvalue weighted by Gasteiger charge is -2.34. The fraction of sp³-hybridized carbons (Fsp3) is 0.650. The third-order valence-electron chi connectivity index (χ3n) is 5.21. The Morgan fingerprint density at radius 3 is 2.38 bits per heavy atom. The van der Waals surface area contributed by atoms with Crippen LogP contribution < -0.4 is 5.32 Å². The number of hydrogen-bond donors (Lipinski definition) is 1. The number of nitrogens with one attached hydrogen (secondary N) is 1. The molecule has 4 nitrogen and oxygen atoms in total. The molecule has 0 saturated carbocycles. The molecule has 0 radical (unpaired) electrons. The van der Waals surface area contributed by atoms with E-state index in [1.54, 1.807) is 7.11 Å². The summed E-state index contributed by atoms with van der Waals surface area (Å²) in [6, 6.07) is 10.6. The van der Waals surface area contributed by atoms with Gasteiger partial charge in [-0.3, -0.25) is 4.79 Å². The van der Waals surface area contributed by atoms with Gasteiger partial charge in [0.05, 0.1) is 6.10 Å². The number of piperidine rings is 1. The lowest BCUT2D eigenvalue weighted by atomic mass is 9.94. The number of carbonyl (C=O) groups is 1. The van der Waals surface area contributed by atoms with Crippen LogP contribution in [0.25, 0.3) is 0 Å². The molecule has 1 amide bonds. The zero-order valence-electron chi connectivity index (χ0n) is 15.5. The second kappa shape index (κ2) is 9.19. The molecule has 24 heavy (non-hydrogen) atoms. The molecular formula is C20H32N2O2. The van der Waals surface area contributed by atoms with Gasteiger partial charge in [0, 0.05) is 25.6 Å². The first-order chi connectivity index (χ1) is 11.5. The monoisotopic (exact) mass is 332 g/mol. The van der Waals surface area contributed by atoms with E-state index in [4.69, 9.17) is 4.74 Å². The molecule has 2 atom stereocenters. The summed E-state index contributed by atoms with van der Waals surface area (Å²) in [7, 11) is 1.77. The molecule has 1 aromatic carbocycles. The van der Waals surface area contributed by atoms with Gasteiger partial charge in [0.15, 0.2) is 0 Å². The van der Waals surface area contributed by atoms with E-state index in [-0.39, 0.29) is 24.0 Å². The largest absolute Gasteiger partial charge is 0.375 e. The molecule has 1 aliphatic rings. The van der Waals surface area contributed by atoms with E-state index < -0.39 is 0 Å². The molecule has 4 heteroatoms. The molecule has 2 rings (SSSR count). The standard InChI is InChI=1S/C20H32N2O2/c1-15(2)16(3)21-20(23)18-10-12-22(13-11-18)14-19(24-4)17-8-6-5-7-9-17/h5-9,15-16,18-19H,10-14H2,1-4H3,(H,21,23)/t16-,19-/m0/s1. The number of benzene rings is 1. The molecule has 0 spiro atoms. The first kappa shape index (κ1) is 18.9. The zero-order chi connectivity index (χ0) is 17.5. The van der Waals surface area contributed by atoms with Gasteiger partial charge in [-0.05, 0) is 44.3 Å². The van der Waals surface area contributed by atoms with Gasteiger partial charge in [-0.1, -0.05) is 44.2 Å². The number of methoxy groups -OCH3 is 1. The molecule has 0 bridgehead atoms. The number of nitrogens with zero attached hydrogens (tertiary/aromatic N) is 1. The number of hydrogen-bond acceptors (Lipinski definition) is 3. The van der Waals surface area contributed by atoms with Gasteiger partial charge >= 0.3 is 0 Å². The Labute approximate surface area is 146 Å².